The minimum atomic E-state index is 0.326. The van der Waals surface area contributed by atoms with Crippen LogP contribution >= 0.6 is 11.6 Å². The van der Waals surface area contributed by atoms with Crippen molar-refractivity contribution in [2.45, 2.75) is 6.54 Å². The Labute approximate surface area is 119 Å². The number of hydrazine groups is 1. The van der Waals surface area contributed by atoms with Gasteiger partial charge in [0.2, 0.25) is 0 Å². The summed E-state index contributed by atoms with van der Waals surface area (Å²) in [6, 6.07) is 5.09. The van der Waals surface area contributed by atoms with E-state index in [4.69, 9.17) is 23.2 Å². The second-order valence-electron chi connectivity index (χ2n) is 4.25. The maximum Gasteiger partial charge on any atom is 0.167 e. The van der Waals surface area contributed by atoms with Crippen molar-refractivity contribution in [3.63, 3.8) is 0 Å². The van der Waals surface area contributed by atoms with Crippen molar-refractivity contribution in [3.05, 3.63) is 41.6 Å². The average molecular weight is 290 g/mol. The van der Waals surface area contributed by atoms with Gasteiger partial charge in [-0.2, -0.15) is 0 Å². The van der Waals surface area contributed by atoms with Crippen molar-refractivity contribution < 1.29 is 0 Å². The molecule has 0 fully saturated rings. The van der Waals surface area contributed by atoms with Gasteiger partial charge in [0, 0.05) is 6.20 Å². The summed E-state index contributed by atoms with van der Waals surface area (Å²) in [5.41, 5.74) is 7.97. The normalized spacial score (nSPS) is 10.9. The maximum absolute atomic E-state index is 5.98. The third-order valence-electron chi connectivity index (χ3n) is 2.80. The van der Waals surface area contributed by atoms with Crippen molar-refractivity contribution in [3.8, 4) is 0 Å². The molecule has 102 valence electrons. The number of fused-ring (bicyclic) bond motifs is 1. The summed E-state index contributed by atoms with van der Waals surface area (Å²) < 4.78 is 0. The molecule has 0 radical (unpaired) electrons. The Balaban J connectivity index is 1.88. The second kappa shape index (κ2) is 4.95. The fourth-order valence-corrected chi connectivity index (χ4v) is 2.03. The van der Waals surface area contributed by atoms with Crippen LogP contribution in [0.3, 0.4) is 0 Å². The minimum Gasteiger partial charge on any atom is -0.396 e. The molecule has 0 aromatic carbocycles. The number of imidazole rings is 1. The number of hydrogen-bond donors (Lipinski definition) is 3. The minimum absolute atomic E-state index is 0.326. The van der Waals surface area contributed by atoms with Crippen LogP contribution in [0.5, 0.6) is 0 Å². The third-order valence-corrected chi connectivity index (χ3v) is 3.01. The number of aromatic nitrogens is 4. The van der Waals surface area contributed by atoms with Crippen LogP contribution in [0.2, 0.25) is 5.15 Å². The van der Waals surface area contributed by atoms with Crippen LogP contribution < -0.4 is 16.6 Å². The molecule has 3 heterocycles. The van der Waals surface area contributed by atoms with Crippen molar-refractivity contribution in [2.24, 2.45) is 5.84 Å². The molecule has 0 aliphatic carbocycles. The van der Waals surface area contributed by atoms with Gasteiger partial charge in [-0.3, -0.25) is 9.99 Å². The Morgan fingerprint density at radius 3 is 2.90 bits per heavy atom. The Morgan fingerprint density at radius 2 is 2.10 bits per heavy atom. The number of nitrogen functional groups attached to an aromatic ring is 1. The number of pyridine rings is 2. The second-order valence-corrected chi connectivity index (χ2v) is 4.64. The number of H-pyrrole nitrogens is 1. The van der Waals surface area contributed by atoms with Gasteiger partial charge in [0.05, 0.1) is 29.5 Å². The number of hydrogen-bond acceptors (Lipinski definition) is 6. The van der Waals surface area contributed by atoms with Gasteiger partial charge in [-0.1, -0.05) is 11.6 Å². The van der Waals surface area contributed by atoms with Crippen molar-refractivity contribution >= 4 is 34.1 Å². The predicted octanol–water partition coefficient (Wildman–Crippen LogP) is 1.47. The molecule has 0 saturated carbocycles. The lowest BCUT2D eigenvalue weighted by Gasteiger charge is -2.17. The van der Waals surface area contributed by atoms with Gasteiger partial charge >= 0.3 is 0 Å². The number of nitrogens with two attached hydrogens (primary N) is 2. The SMILES string of the molecule is Nc1ccc(Cl)nc1N(N)Cc1nc2ccncc2[nH]1. The molecular weight excluding hydrogens is 278 g/mol. The Hall–Kier alpha value is -2.38. The lowest BCUT2D eigenvalue weighted by atomic mass is 10.4. The van der Waals surface area contributed by atoms with Gasteiger partial charge in [-0.15, -0.1) is 0 Å². The van der Waals surface area contributed by atoms with Crippen molar-refractivity contribution in [2.75, 3.05) is 10.7 Å². The van der Waals surface area contributed by atoms with Crippen LogP contribution in [0, 0.1) is 0 Å². The zero-order valence-corrected chi connectivity index (χ0v) is 11.2. The summed E-state index contributed by atoms with van der Waals surface area (Å²) in [6.07, 6.45) is 3.39. The zero-order chi connectivity index (χ0) is 14.1. The zero-order valence-electron chi connectivity index (χ0n) is 10.4. The smallest absolute Gasteiger partial charge is 0.167 e. The number of anilines is 2. The van der Waals surface area contributed by atoms with Crippen LogP contribution in [0.4, 0.5) is 11.5 Å². The van der Waals surface area contributed by atoms with Gasteiger partial charge in [-0.05, 0) is 18.2 Å². The highest BCUT2D eigenvalue weighted by molar-refractivity contribution is 6.29. The first-order chi connectivity index (χ1) is 9.63. The van der Waals surface area contributed by atoms with Crippen LogP contribution in [0.1, 0.15) is 5.82 Å². The first-order valence-corrected chi connectivity index (χ1v) is 6.24. The monoisotopic (exact) mass is 289 g/mol. The summed E-state index contributed by atoms with van der Waals surface area (Å²) in [5, 5.41) is 1.73. The molecule has 5 N–H and O–H groups in total. The number of nitrogens with one attached hydrogen (secondary N) is 1. The highest BCUT2D eigenvalue weighted by Gasteiger charge is 2.11. The largest absolute Gasteiger partial charge is 0.396 e. The van der Waals surface area contributed by atoms with Crippen molar-refractivity contribution in [1.29, 1.82) is 0 Å². The highest BCUT2D eigenvalue weighted by Crippen LogP contribution is 2.22. The van der Waals surface area contributed by atoms with E-state index in [1.54, 1.807) is 24.5 Å². The molecule has 20 heavy (non-hydrogen) atoms. The molecule has 0 spiro atoms. The molecule has 3 aromatic heterocycles. The molecule has 0 bridgehead atoms. The third kappa shape index (κ3) is 2.36. The first kappa shape index (κ1) is 12.6. The average Bonchev–Trinajstić information content (AvgIpc) is 2.83. The summed E-state index contributed by atoms with van der Waals surface area (Å²) >= 11 is 5.85. The van der Waals surface area contributed by atoms with Gasteiger partial charge < -0.3 is 10.7 Å². The van der Waals surface area contributed by atoms with Gasteiger partial charge in [0.15, 0.2) is 5.82 Å². The Bertz CT molecular complexity index is 721. The van der Waals surface area contributed by atoms with E-state index < -0.39 is 0 Å². The quantitative estimate of drug-likeness (QED) is 0.383. The molecule has 7 nitrogen and oxygen atoms in total. The van der Waals surface area contributed by atoms with E-state index >= 15 is 0 Å². The van der Waals surface area contributed by atoms with Crippen LogP contribution in [-0.4, -0.2) is 19.9 Å². The molecule has 3 rings (SSSR count). The molecule has 8 heteroatoms. The number of aromatic amines is 1. The first-order valence-electron chi connectivity index (χ1n) is 5.86. The lowest BCUT2D eigenvalue weighted by molar-refractivity contribution is 0.797. The molecular formula is C12H12ClN7. The molecule has 0 aliphatic heterocycles. The number of nitrogens with zero attached hydrogens (tertiary/aromatic N) is 4. The van der Waals surface area contributed by atoms with E-state index in [1.807, 2.05) is 6.07 Å². The number of rotatable bonds is 3. The molecule has 0 unspecified atom stereocenters. The van der Waals surface area contributed by atoms with E-state index in [1.165, 1.54) is 5.01 Å². The van der Waals surface area contributed by atoms with Crippen LogP contribution in [0.25, 0.3) is 11.0 Å². The fourth-order valence-electron chi connectivity index (χ4n) is 1.89. The summed E-state index contributed by atoms with van der Waals surface area (Å²) in [5.74, 6) is 7.08. The Morgan fingerprint density at radius 1 is 1.25 bits per heavy atom. The molecule has 0 amide bonds. The molecule has 0 aliphatic rings. The van der Waals surface area contributed by atoms with E-state index in [2.05, 4.69) is 19.9 Å². The van der Waals surface area contributed by atoms with Gasteiger partial charge in [-0.25, -0.2) is 15.8 Å². The summed E-state index contributed by atoms with van der Waals surface area (Å²) in [7, 11) is 0. The fraction of sp³-hybridized carbons (Fsp3) is 0.0833. The maximum atomic E-state index is 5.98. The van der Waals surface area contributed by atoms with Crippen molar-refractivity contribution in [1.82, 2.24) is 19.9 Å². The topological polar surface area (TPSA) is 110 Å². The Kier molecular flexibility index (Phi) is 3.13. The van der Waals surface area contributed by atoms with Crippen LogP contribution in [0.15, 0.2) is 30.6 Å². The van der Waals surface area contributed by atoms with E-state index in [0.29, 0.717) is 29.0 Å². The lowest BCUT2D eigenvalue weighted by Crippen LogP contribution is -2.32. The van der Waals surface area contributed by atoms with Gasteiger partial charge in [0.25, 0.3) is 0 Å². The van der Waals surface area contributed by atoms with Crippen LogP contribution in [-0.2, 0) is 6.54 Å². The molecule has 0 atom stereocenters. The molecule has 3 aromatic rings. The summed E-state index contributed by atoms with van der Waals surface area (Å²) in [4.78, 5) is 15.7. The highest BCUT2D eigenvalue weighted by atomic mass is 35.5. The summed E-state index contributed by atoms with van der Waals surface area (Å²) in [6.45, 7) is 0.326. The van der Waals surface area contributed by atoms with Gasteiger partial charge in [0.1, 0.15) is 11.0 Å². The van der Waals surface area contributed by atoms with E-state index in [9.17, 15) is 0 Å². The number of halogens is 1. The van der Waals surface area contributed by atoms with E-state index in [0.717, 1.165) is 11.0 Å². The predicted molar refractivity (Wildman–Crippen MR) is 77.9 cm³/mol. The molecule has 0 saturated heterocycles. The standard InChI is InChI=1S/C12H12ClN7/c13-10-2-1-7(14)12(19-10)20(15)6-11-17-8-3-4-16-5-9(8)18-11/h1-5H,6,14-15H2,(H,17,18). The van der Waals surface area contributed by atoms with E-state index in [-0.39, 0.29) is 0 Å².